The molecule has 0 aliphatic carbocycles. The molecule has 6 nitrogen and oxygen atoms in total. The van der Waals surface area contributed by atoms with Crippen molar-refractivity contribution in [3.8, 4) is 0 Å². The zero-order chi connectivity index (χ0) is 21.3. The monoisotopic (exact) mass is 559 g/mol. The number of unbranched alkanes of at least 4 members (excludes halogenated alkanes) is 9. The summed E-state index contributed by atoms with van der Waals surface area (Å²) < 4.78 is 0. The van der Waals surface area contributed by atoms with E-state index in [9.17, 15) is 14.4 Å². The van der Waals surface area contributed by atoms with Crippen molar-refractivity contribution in [1.29, 1.82) is 0 Å². The summed E-state index contributed by atoms with van der Waals surface area (Å²) in [5, 5.41) is 24.6. The van der Waals surface area contributed by atoms with Crippen molar-refractivity contribution in [3.05, 3.63) is 0 Å². The summed E-state index contributed by atoms with van der Waals surface area (Å²) in [4.78, 5) is 29.9. The summed E-state index contributed by atoms with van der Waals surface area (Å²) in [6, 6.07) is 0. The molecule has 3 N–H and O–H groups in total. The predicted octanol–water partition coefficient (Wildman–Crippen LogP) is 6.12. The normalized spacial score (nSPS) is 9.11. The summed E-state index contributed by atoms with van der Waals surface area (Å²) in [7, 11) is 0. The zero-order valence-electron chi connectivity index (χ0n) is 18.0. The van der Waals surface area contributed by atoms with Gasteiger partial charge in [0.2, 0.25) is 0 Å². The van der Waals surface area contributed by atoms with E-state index in [2.05, 4.69) is 20.8 Å². The Morgan fingerprint density at radius 1 is 0.464 bits per heavy atom. The van der Waals surface area contributed by atoms with Gasteiger partial charge < -0.3 is 15.3 Å². The second-order valence-corrected chi connectivity index (χ2v) is 6.61. The van der Waals surface area contributed by atoms with Crippen LogP contribution in [0.2, 0.25) is 0 Å². The quantitative estimate of drug-likeness (QED) is 0.208. The first-order chi connectivity index (χ1) is 12.8. The summed E-state index contributed by atoms with van der Waals surface area (Å²) in [5.74, 6) is -2.02. The first-order valence-corrected chi connectivity index (χ1v) is 10.5. The molecule has 0 aromatic heterocycles. The number of carboxylic acid groups (broad SMARTS) is 3. The SMILES string of the molecule is CCCCCCC(=O)O.CCCCCCC(=O)O.CCCCCCC(=O)O.[Tm]. The number of carbonyl (C=O) groups is 3. The molecule has 0 fully saturated rings. The van der Waals surface area contributed by atoms with E-state index in [1.165, 1.54) is 19.3 Å². The van der Waals surface area contributed by atoms with Crippen molar-refractivity contribution in [3.63, 3.8) is 0 Å². The van der Waals surface area contributed by atoms with E-state index in [0.717, 1.165) is 57.8 Å². The van der Waals surface area contributed by atoms with Crippen molar-refractivity contribution < 1.29 is 66.6 Å². The van der Waals surface area contributed by atoms with E-state index in [1.807, 2.05) is 0 Å². The van der Waals surface area contributed by atoms with Crippen LogP contribution in [-0.2, 0) is 14.4 Å². The van der Waals surface area contributed by atoms with Crippen LogP contribution >= 0.6 is 0 Å². The molecule has 0 aliphatic heterocycles. The molecule has 28 heavy (non-hydrogen) atoms. The van der Waals surface area contributed by atoms with E-state index in [1.54, 1.807) is 0 Å². The molecule has 7 heteroatoms. The van der Waals surface area contributed by atoms with E-state index in [0.29, 0.717) is 19.3 Å². The van der Waals surface area contributed by atoms with Gasteiger partial charge in [-0.05, 0) is 19.3 Å². The van der Waals surface area contributed by atoms with Crippen LogP contribution in [0.25, 0.3) is 0 Å². The Kier molecular flexibility index (Phi) is 39.3. The van der Waals surface area contributed by atoms with Crippen molar-refractivity contribution in [2.24, 2.45) is 0 Å². The van der Waals surface area contributed by atoms with Crippen LogP contribution in [0, 0.1) is 36.9 Å². The van der Waals surface area contributed by atoms with Crippen molar-refractivity contribution >= 4 is 17.9 Å². The van der Waals surface area contributed by atoms with Gasteiger partial charge >= 0.3 is 17.9 Å². The van der Waals surface area contributed by atoms with Crippen LogP contribution in [-0.4, -0.2) is 33.2 Å². The van der Waals surface area contributed by atoms with Crippen LogP contribution < -0.4 is 0 Å². The summed E-state index contributed by atoms with van der Waals surface area (Å²) >= 11 is 0. The Balaban J connectivity index is -0.000000152. The summed E-state index contributed by atoms with van der Waals surface area (Å²) in [5.41, 5.74) is 0. The third-order valence-electron chi connectivity index (χ3n) is 3.73. The number of rotatable bonds is 15. The molecule has 0 heterocycles. The van der Waals surface area contributed by atoms with Gasteiger partial charge in [0, 0.05) is 56.1 Å². The summed E-state index contributed by atoms with van der Waals surface area (Å²) in [6.45, 7) is 6.34. The van der Waals surface area contributed by atoms with E-state index in [-0.39, 0.29) is 36.9 Å². The maximum atomic E-state index is 9.96. The molecular weight excluding hydrogens is 517 g/mol. The van der Waals surface area contributed by atoms with E-state index < -0.39 is 17.9 Å². The molecule has 0 amide bonds. The van der Waals surface area contributed by atoms with Crippen molar-refractivity contribution in [1.82, 2.24) is 0 Å². The molecule has 0 saturated heterocycles. The molecule has 1 radical (unpaired) electrons. The Labute approximate surface area is 200 Å². The van der Waals surface area contributed by atoms with E-state index in [4.69, 9.17) is 15.3 Å². The topological polar surface area (TPSA) is 112 Å². The van der Waals surface area contributed by atoms with Crippen LogP contribution in [0.3, 0.4) is 0 Å². The minimum Gasteiger partial charge on any atom is -0.481 e. The fraction of sp³-hybridized carbons (Fsp3) is 0.857. The van der Waals surface area contributed by atoms with Gasteiger partial charge in [-0.3, -0.25) is 14.4 Å². The van der Waals surface area contributed by atoms with Gasteiger partial charge in [0.25, 0.3) is 0 Å². The molecule has 0 unspecified atom stereocenters. The maximum absolute atomic E-state index is 9.96. The van der Waals surface area contributed by atoms with Gasteiger partial charge in [-0.15, -0.1) is 0 Å². The van der Waals surface area contributed by atoms with Crippen LogP contribution in [0.1, 0.15) is 117 Å². The summed E-state index contributed by atoms with van der Waals surface area (Å²) in [6.07, 6.45) is 13.7. The number of hydrogen-bond donors (Lipinski definition) is 3. The fourth-order valence-electron chi connectivity index (χ4n) is 2.11. The number of aliphatic carboxylic acids is 3. The first-order valence-electron chi connectivity index (χ1n) is 10.5. The molecule has 0 bridgehead atoms. The molecular formula is C21H42O6Tm. The Hall–Kier alpha value is -0.356. The Bertz CT molecular complexity index is 295. The Morgan fingerprint density at radius 3 is 0.821 bits per heavy atom. The zero-order valence-corrected chi connectivity index (χ0v) is 19.7. The average Bonchev–Trinajstić information content (AvgIpc) is 2.60. The van der Waals surface area contributed by atoms with Crippen molar-refractivity contribution in [2.45, 2.75) is 117 Å². The van der Waals surface area contributed by atoms with Gasteiger partial charge in [-0.1, -0.05) is 78.6 Å². The molecule has 0 aromatic rings. The van der Waals surface area contributed by atoms with E-state index >= 15 is 0 Å². The smallest absolute Gasteiger partial charge is 0.303 e. The average molecular weight is 559 g/mol. The van der Waals surface area contributed by atoms with Crippen molar-refractivity contribution in [2.75, 3.05) is 0 Å². The Morgan fingerprint density at radius 2 is 0.679 bits per heavy atom. The van der Waals surface area contributed by atoms with Gasteiger partial charge in [0.05, 0.1) is 0 Å². The standard InChI is InChI=1S/3C7H14O2.Tm/c3*1-2-3-4-5-6-7(8)9;/h3*2-6H2,1H3,(H,8,9);. The van der Waals surface area contributed by atoms with Gasteiger partial charge in [0.15, 0.2) is 0 Å². The first kappa shape index (κ1) is 35.1. The molecule has 0 aromatic carbocycles. The minimum absolute atomic E-state index is 0. The number of hydrogen-bond acceptors (Lipinski definition) is 3. The molecule has 0 aliphatic rings. The maximum Gasteiger partial charge on any atom is 0.303 e. The molecule has 0 rings (SSSR count). The molecule has 175 valence electrons. The van der Waals surface area contributed by atoms with Gasteiger partial charge in [0.1, 0.15) is 0 Å². The van der Waals surface area contributed by atoms with Crippen LogP contribution in [0.5, 0.6) is 0 Å². The van der Waals surface area contributed by atoms with Gasteiger partial charge in [-0.25, -0.2) is 0 Å². The second kappa shape index (κ2) is 31.3. The third kappa shape index (κ3) is 50.0. The predicted molar refractivity (Wildman–Crippen MR) is 109 cm³/mol. The molecule has 0 spiro atoms. The minimum atomic E-state index is -0.675. The largest absolute Gasteiger partial charge is 0.481 e. The molecule has 0 atom stereocenters. The second-order valence-electron chi connectivity index (χ2n) is 6.61. The van der Waals surface area contributed by atoms with Gasteiger partial charge in [-0.2, -0.15) is 0 Å². The fourth-order valence-corrected chi connectivity index (χ4v) is 2.11. The van der Waals surface area contributed by atoms with Crippen LogP contribution in [0.4, 0.5) is 0 Å². The number of carboxylic acids is 3. The third-order valence-corrected chi connectivity index (χ3v) is 3.73. The van der Waals surface area contributed by atoms with Crippen LogP contribution in [0.15, 0.2) is 0 Å². The molecule has 0 saturated carbocycles.